The number of aryl methyl sites for hydroxylation is 2. The van der Waals surface area contributed by atoms with Gasteiger partial charge in [0, 0.05) is 32.0 Å². The summed E-state index contributed by atoms with van der Waals surface area (Å²) in [5.41, 5.74) is 1.10. The highest BCUT2D eigenvalue weighted by molar-refractivity contribution is 5.77. The van der Waals surface area contributed by atoms with Gasteiger partial charge in [-0.05, 0) is 18.9 Å². The van der Waals surface area contributed by atoms with Gasteiger partial charge in [-0.1, -0.05) is 18.2 Å². The van der Waals surface area contributed by atoms with Gasteiger partial charge in [-0.25, -0.2) is 0 Å². The van der Waals surface area contributed by atoms with Crippen LogP contribution in [0.25, 0.3) is 0 Å². The van der Waals surface area contributed by atoms with Gasteiger partial charge in [-0.15, -0.1) is 10.2 Å². The summed E-state index contributed by atoms with van der Waals surface area (Å²) >= 11 is 0. The van der Waals surface area contributed by atoms with E-state index in [9.17, 15) is 4.79 Å². The molecule has 0 spiro atoms. The first kappa shape index (κ1) is 15.5. The maximum atomic E-state index is 12.7. The van der Waals surface area contributed by atoms with Crippen molar-refractivity contribution in [1.82, 2.24) is 19.7 Å². The van der Waals surface area contributed by atoms with Gasteiger partial charge >= 0.3 is 0 Å². The average molecular weight is 314 g/mol. The van der Waals surface area contributed by atoms with E-state index in [0.717, 1.165) is 36.5 Å². The second-order valence-corrected chi connectivity index (χ2v) is 5.85. The number of hydrogen-bond donors (Lipinski definition) is 0. The van der Waals surface area contributed by atoms with Crippen molar-refractivity contribution < 1.29 is 9.53 Å². The number of rotatable bonds is 5. The molecule has 1 aliphatic rings. The molecular weight excluding hydrogens is 292 g/mol. The van der Waals surface area contributed by atoms with Crippen molar-refractivity contribution in [3.63, 3.8) is 0 Å². The predicted octanol–water partition coefficient (Wildman–Crippen LogP) is 2.12. The van der Waals surface area contributed by atoms with E-state index in [4.69, 9.17) is 4.74 Å². The van der Waals surface area contributed by atoms with E-state index in [2.05, 4.69) is 16.3 Å². The van der Waals surface area contributed by atoms with Crippen molar-refractivity contribution >= 4 is 5.91 Å². The summed E-state index contributed by atoms with van der Waals surface area (Å²) in [6, 6.07) is 8.07. The van der Waals surface area contributed by atoms with Gasteiger partial charge < -0.3 is 14.2 Å². The minimum atomic E-state index is 0.109. The van der Waals surface area contributed by atoms with E-state index in [0.29, 0.717) is 12.8 Å². The van der Waals surface area contributed by atoms with Crippen molar-refractivity contribution in [2.75, 3.05) is 13.7 Å². The van der Waals surface area contributed by atoms with Crippen LogP contribution in [0, 0.1) is 0 Å². The molecule has 1 amide bonds. The molecular formula is C17H22N4O2. The van der Waals surface area contributed by atoms with Crippen LogP contribution >= 0.6 is 0 Å². The number of benzene rings is 1. The van der Waals surface area contributed by atoms with Gasteiger partial charge in [0.25, 0.3) is 0 Å². The minimum absolute atomic E-state index is 0.109. The van der Waals surface area contributed by atoms with Crippen molar-refractivity contribution in [3.05, 3.63) is 42.0 Å². The fraction of sp³-hybridized carbons (Fsp3) is 0.471. The fourth-order valence-electron chi connectivity index (χ4n) is 3.23. The summed E-state index contributed by atoms with van der Waals surface area (Å²) < 4.78 is 7.32. The number of aromatic nitrogens is 3. The second-order valence-electron chi connectivity index (χ2n) is 5.85. The molecule has 1 aliphatic heterocycles. The van der Waals surface area contributed by atoms with Gasteiger partial charge in [-0.3, -0.25) is 4.79 Å². The number of amides is 1. The second kappa shape index (κ2) is 6.81. The highest BCUT2D eigenvalue weighted by atomic mass is 16.5. The Morgan fingerprint density at radius 3 is 2.96 bits per heavy atom. The molecule has 1 saturated heterocycles. The Hall–Kier alpha value is -2.37. The molecule has 1 aromatic heterocycles. The third kappa shape index (κ3) is 3.21. The maximum absolute atomic E-state index is 12.7. The van der Waals surface area contributed by atoms with Crippen LogP contribution in [0.15, 0.2) is 30.6 Å². The molecule has 0 aliphatic carbocycles. The highest BCUT2D eigenvalue weighted by Gasteiger charge is 2.31. The first-order chi connectivity index (χ1) is 11.2. The molecule has 6 heteroatoms. The number of ether oxygens (including phenoxy) is 1. The Balaban J connectivity index is 1.71. The van der Waals surface area contributed by atoms with Crippen LogP contribution in [0.2, 0.25) is 0 Å². The lowest BCUT2D eigenvalue weighted by Gasteiger charge is -2.26. The topological polar surface area (TPSA) is 60.2 Å². The van der Waals surface area contributed by atoms with E-state index in [1.54, 1.807) is 13.4 Å². The van der Waals surface area contributed by atoms with E-state index < -0.39 is 0 Å². The molecule has 1 unspecified atom stereocenters. The zero-order valence-corrected chi connectivity index (χ0v) is 13.6. The van der Waals surface area contributed by atoms with Crippen LogP contribution in [0.4, 0.5) is 0 Å². The van der Waals surface area contributed by atoms with Crippen LogP contribution in [0.1, 0.15) is 36.7 Å². The Bertz CT molecular complexity index is 683. The van der Waals surface area contributed by atoms with E-state index in [1.165, 1.54) is 0 Å². The standard InChI is InChI=1S/C17H22N4O2/c1-20-12-18-19-16(20)9-10-17(22)21-11-5-7-14(21)13-6-3-4-8-15(13)23-2/h3-4,6,8,12,14H,5,7,9-11H2,1-2H3. The number of likely N-dealkylation sites (tertiary alicyclic amines) is 1. The van der Waals surface area contributed by atoms with Gasteiger partial charge in [0.05, 0.1) is 13.2 Å². The molecule has 1 atom stereocenters. The quantitative estimate of drug-likeness (QED) is 0.848. The Morgan fingerprint density at radius 1 is 1.39 bits per heavy atom. The summed E-state index contributed by atoms with van der Waals surface area (Å²) in [5.74, 6) is 1.86. The van der Waals surface area contributed by atoms with E-state index in [-0.39, 0.29) is 11.9 Å². The largest absolute Gasteiger partial charge is 0.496 e. The first-order valence-corrected chi connectivity index (χ1v) is 7.96. The van der Waals surface area contributed by atoms with Crippen molar-refractivity contribution in [1.29, 1.82) is 0 Å². The summed E-state index contributed by atoms with van der Waals surface area (Å²) in [4.78, 5) is 14.6. The SMILES string of the molecule is COc1ccccc1C1CCCN1C(=O)CCc1nncn1C. The molecule has 2 aromatic rings. The molecule has 6 nitrogen and oxygen atoms in total. The molecule has 1 fully saturated rings. The summed E-state index contributed by atoms with van der Waals surface area (Å²) in [7, 11) is 3.57. The molecule has 23 heavy (non-hydrogen) atoms. The fourth-order valence-corrected chi connectivity index (χ4v) is 3.23. The summed E-state index contributed by atoms with van der Waals surface area (Å²) in [5, 5.41) is 7.90. The highest BCUT2D eigenvalue weighted by Crippen LogP contribution is 2.37. The van der Waals surface area contributed by atoms with Crippen LogP contribution in [0.3, 0.4) is 0 Å². The molecule has 2 heterocycles. The zero-order valence-electron chi connectivity index (χ0n) is 13.6. The van der Waals surface area contributed by atoms with Crippen LogP contribution in [0.5, 0.6) is 5.75 Å². The van der Waals surface area contributed by atoms with Crippen molar-refractivity contribution in [2.24, 2.45) is 7.05 Å². The third-order valence-electron chi connectivity index (χ3n) is 4.44. The molecule has 0 saturated carbocycles. The van der Waals surface area contributed by atoms with Crippen LogP contribution in [-0.4, -0.2) is 39.2 Å². The smallest absolute Gasteiger partial charge is 0.223 e. The maximum Gasteiger partial charge on any atom is 0.223 e. The predicted molar refractivity (Wildman–Crippen MR) is 86.0 cm³/mol. The normalized spacial score (nSPS) is 17.5. The number of para-hydroxylation sites is 1. The minimum Gasteiger partial charge on any atom is -0.496 e. The van der Waals surface area contributed by atoms with Crippen molar-refractivity contribution in [3.8, 4) is 5.75 Å². The molecule has 0 bridgehead atoms. The molecule has 1 aromatic carbocycles. The molecule has 0 radical (unpaired) electrons. The zero-order chi connectivity index (χ0) is 16.2. The molecule has 122 valence electrons. The number of hydrogen-bond acceptors (Lipinski definition) is 4. The first-order valence-electron chi connectivity index (χ1n) is 7.96. The average Bonchev–Trinajstić information content (AvgIpc) is 3.21. The number of methoxy groups -OCH3 is 1. The van der Waals surface area contributed by atoms with Gasteiger partial charge in [0.2, 0.25) is 5.91 Å². The lowest BCUT2D eigenvalue weighted by molar-refractivity contribution is -0.132. The van der Waals surface area contributed by atoms with Crippen LogP contribution < -0.4 is 4.74 Å². The lowest BCUT2D eigenvalue weighted by atomic mass is 10.0. The number of nitrogens with zero attached hydrogens (tertiary/aromatic N) is 4. The monoisotopic (exact) mass is 314 g/mol. The van der Waals surface area contributed by atoms with E-state index >= 15 is 0 Å². The Morgan fingerprint density at radius 2 is 2.22 bits per heavy atom. The summed E-state index contributed by atoms with van der Waals surface area (Å²) in [6.07, 6.45) is 4.74. The number of carbonyl (C=O) groups excluding carboxylic acids is 1. The third-order valence-corrected chi connectivity index (χ3v) is 4.44. The Kier molecular flexibility index (Phi) is 4.60. The Labute approximate surface area is 136 Å². The van der Waals surface area contributed by atoms with E-state index in [1.807, 2.05) is 34.7 Å². The van der Waals surface area contributed by atoms with Gasteiger partial charge in [0.15, 0.2) is 0 Å². The molecule has 3 rings (SSSR count). The van der Waals surface area contributed by atoms with Gasteiger partial charge in [0.1, 0.15) is 17.9 Å². The molecule has 0 N–H and O–H groups in total. The van der Waals surface area contributed by atoms with Gasteiger partial charge in [-0.2, -0.15) is 0 Å². The number of carbonyl (C=O) groups is 1. The van der Waals surface area contributed by atoms with Crippen molar-refractivity contribution in [2.45, 2.75) is 31.7 Å². The van der Waals surface area contributed by atoms with Crippen LogP contribution in [-0.2, 0) is 18.3 Å². The summed E-state index contributed by atoms with van der Waals surface area (Å²) in [6.45, 7) is 0.806. The lowest BCUT2D eigenvalue weighted by Crippen LogP contribution is -2.31.